The van der Waals surface area contributed by atoms with Crippen molar-refractivity contribution in [2.75, 3.05) is 5.32 Å². The predicted molar refractivity (Wildman–Crippen MR) is 70.7 cm³/mol. The fourth-order valence-electron chi connectivity index (χ4n) is 2.40. The number of amides is 1. The first-order chi connectivity index (χ1) is 8.15. The van der Waals surface area contributed by atoms with Gasteiger partial charge in [-0.3, -0.25) is 9.48 Å². The number of aryl methyl sites for hydroxylation is 1. The van der Waals surface area contributed by atoms with Crippen LogP contribution in [0.2, 0.25) is 0 Å². The van der Waals surface area contributed by atoms with Gasteiger partial charge in [-0.1, -0.05) is 19.3 Å². The number of nitrogens with one attached hydrogen (secondary N) is 1. The number of carbonyl (C=O) groups is 1. The van der Waals surface area contributed by atoms with Crippen molar-refractivity contribution in [3.05, 3.63) is 10.8 Å². The first-order valence-electron chi connectivity index (χ1n) is 6.14. The molecule has 0 saturated heterocycles. The van der Waals surface area contributed by atoms with Crippen molar-refractivity contribution in [3.63, 3.8) is 0 Å². The lowest BCUT2D eigenvalue weighted by molar-refractivity contribution is -0.117. The highest BCUT2D eigenvalue weighted by Gasteiger charge is 2.18. The zero-order valence-electron chi connectivity index (χ0n) is 10.1. The quantitative estimate of drug-likeness (QED) is 0.932. The summed E-state index contributed by atoms with van der Waals surface area (Å²) >= 11 is 3.32. The van der Waals surface area contributed by atoms with E-state index in [0.717, 1.165) is 5.69 Å². The molecule has 1 saturated carbocycles. The number of carbonyl (C=O) groups excluding carboxylic acids is 1. The standard InChI is InChI=1S/C12H18BrN3O/c1-16-8-10(12(13)15-16)14-11(17)7-9-5-3-2-4-6-9/h8-9H,2-7H2,1H3,(H,14,17). The molecule has 0 aliphatic heterocycles. The van der Waals surface area contributed by atoms with Crippen LogP contribution in [-0.2, 0) is 11.8 Å². The van der Waals surface area contributed by atoms with Crippen LogP contribution < -0.4 is 5.32 Å². The lowest BCUT2D eigenvalue weighted by Crippen LogP contribution is -2.18. The molecule has 4 nitrogen and oxygen atoms in total. The van der Waals surface area contributed by atoms with Crippen LogP contribution in [-0.4, -0.2) is 15.7 Å². The number of rotatable bonds is 3. The Hall–Kier alpha value is -0.840. The molecule has 1 fully saturated rings. The number of halogens is 1. The van der Waals surface area contributed by atoms with Crippen LogP contribution >= 0.6 is 15.9 Å². The monoisotopic (exact) mass is 299 g/mol. The first kappa shape index (κ1) is 12.6. The summed E-state index contributed by atoms with van der Waals surface area (Å²) in [7, 11) is 1.83. The molecule has 1 amide bonds. The van der Waals surface area contributed by atoms with Crippen molar-refractivity contribution < 1.29 is 4.79 Å². The van der Waals surface area contributed by atoms with E-state index in [-0.39, 0.29) is 5.91 Å². The molecule has 1 aromatic heterocycles. The van der Waals surface area contributed by atoms with E-state index in [4.69, 9.17) is 0 Å². The Morgan fingerprint density at radius 3 is 2.82 bits per heavy atom. The lowest BCUT2D eigenvalue weighted by Gasteiger charge is -2.20. The summed E-state index contributed by atoms with van der Waals surface area (Å²) in [6, 6.07) is 0. The van der Waals surface area contributed by atoms with Crippen LogP contribution in [0, 0.1) is 5.92 Å². The van der Waals surface area contributed by atoms with E-state index in [1.165, 1.54) is 32.1 Å². The fraction of sp³-hybridized carbons (Fsp3) is 0.667. The zero-order chi connectivity index (χ0) is 12.3. The van der Waals surface area contributed by atoms with Gasteiger partial charge >= 0.3 is 0 Å². The molecule has 0 unspecified atom stereocenters. The minimum Gasteiger partial charge on any atom is -0.322 e. The third kappa shape index (κ3) is 3.56. The molecule has 1 aromatic rings. The van der Waals surface area contributed by atoms with Crippen LogP contribution in [0.25, 0.3) is 0 Å². The summed E-state index contributed by atoms with van der Waals surface area (Å²) in [5, 5.41) is 7.04. The third-order valence-corrected chi connectivity index (χ3v) is 3.84. The summed E-state index contributed by atoms with van der Waals surface area (Å²) in [5.41, 5.74) is 0.758. The maximum atomic E-state index is 11.9. The van der Waals surface area contributed by atoms with Gasteiger partial charge in [-0.2, -0.15) is 5.10 Å². The normalized spacial score (nSPS) is 17.1. The van der Waals surface area contributed by atoms with Crippen LogP contribution in [0.1, 0.15) is 38.5 Å². The fourth-order valence-corrected chi connectivity index (χ4v) is 2.85. The summed E-state index contributed by atoms with van der Waals surface area (Å²) < 4.78 is 2.37. The van der Waals surface area contributed by atoms with E-state index in [2.05, 4.69) is 26.3 Å². The molecule has 1 heterocycles. The Bertz CT molecular complexity index is 396. The van der Waals surface area contributed by atoms with E-state index < -0.39 is 0 Å². The number of anilines is 1. The molecule has 1 aliphatic rings. The molecule has 0 atom stereocenters. The van der Waals surface area contributed by atoms with E-state index in [1.807, 2.05) is 13.2 Å². The number of hydrogen-bond donors (Lipinski definition) is 1. The molecular formula is C12H18BrN3O. The Morgan fingerprint density at radius 2 is 2.24 bits per heavy atom. The number of aromatic nitrogens is 2. The molecule has 17 heavy (non-hydrogen) atoms. The minimum absolute atomic E-state index is 0.102. The third-order valence-electron chi connectivity index (χ3n) is 3.26. The molecule has 1 N–H and O–H groups in total. The summed E-state index contributed by atoms with van der Waals surface area (Å²) in [4.78, 5) is 11.9. The van der Waals surface area contributed by atoms with Gasteiger partial charge in [0.15, 0.2) is 4.60 Å². The minimum atomic E-state index is 0.102. The molecular weight excluding hydrogens is 282 g/mol. The average molecular weight is 300 g/mol. The van der Waals surface area contributed by atoms with Crippen LogP contribution in [0.15, 0.2) is 10.8 Å². The molecule has 5 heteroatoms. The topological polar surface area (TPSA) is 46.9 Å². The Labute approximate surface area is 110 Å². The Morgan fingerprint density at radius 1 is 1.53 bits per heavy atom. The highest BCUT2D eigenvalue weighted by molar-refractivity contribution is 9.10. The maximum absolute atomic E-state index is 11.9. The van der Waals surface area contributed by atoms with Gasteiger partial charge in [0, 0.05) is 19.7 Å². The molecule has 0 spiro atoms. The van der Waals surface area contributed by atoms with Gasteiger partial charge in [-0.15, -0.1) is 0 Å². The SMILES string of the molecule is Cn1cc(NC(=O)CC2CCCCC2)c(Br)n1. The van der Waals surface area contributed by atoms with Gasteiger partial charge < -0.3 is 5.32 Å². The van der Waals surface area contributed by atoms with E-state index in [0.29, 0.717) is 16.9 Å². The average Bonchev–Trinajstić information content (AvgIpc) is 2.58. The molecule has 94 valence electrons. The van der Waals surface area contributed by atoms with Gasteiger partial charge in [0.25, 0.3) is 0 Å². The van der Waals surface area contributed by atoms with Crippen LogP contribution in [0.5, 0.6) is 0 Å². The molecule has 2 rings (SSSR count). The van der Waals surface area contributed by atoms with E-state index in [1.54, 1.807) is 4.68 Å². The van der Waals surface area contributed by atoms with E-state index >= 15 is 0 Å². The summed E-state index contributed by atoms with van der Waals surface area (Å²) in [6.45, 7) is 0. The number of nitrogens with zero attached hydrogens (tertiary/aromatic N) is 2. The van der Waals surface area contributed by atoms with Gasteiger partial charge in [0.1, 0.15) is 0 Å². The van der Waals surface area contributed by atoms with E-state index in [9.17, 15) is 4.79 Å². The molecule has 0 aromatic carbocycles. The Balaban J connectivity index is 1.86. The van der Waals surface area contributed by atoms with Crippen molar-refractivity contribution in [1.29, 1.82) is 0 Å². The largest absolute Gasteiger partial charge is 0.322 e. The maximum Gasteiger partial charge on any atom is 0.224 e. The molecule has 0 radical (unpaired) electrons. The second-order valence-electron chi connectivity index (χ2n) is 4.76. The summed E-state index contributed by atoms with van der Waals surface area (Å²) in [6.07, 6.45) is 8.71. The summed E-state index contributed by atoms with van der Waals surface area (Å²) in [5.74, 6) is 0.671. The first-order valence-corrected chi connectivity index (χ1v) is 6.93. The second-order valence-corrected chi connectivity index (χ2v) is 5.51. The van der Waals surface area contributed by atoms with Crippen LogP contribution in [0.3, 0.4) is 0 Å². The van der Waals surface area contributed by atoms with Crippen molar-refractivity contribution in [1.82, 2.24) is 9.78 Å². The van der Waals surface area contributed by atoms with Gasteiger partial charge in [-0.25, -0.2) is 0 Å². The van der Waals surface area contributed by atoms with Crippen molar-refractivity contribution in [3.8, 4) is 0 Å². The Kier molecular flexibility index (Phi) is 4.20. The van der Waals surface area contributed by atoms with Crippen LogP contribution in [0.4, 0.5) is 5.69 Å². The zero-order valence-corrected chi connectivity index (χ0v) is 11.7. The van der Waals surface area contributed by atoms with Crippen molar-refractivity contribution >= 4 is 27.5 Å². The molecule has 0 bridgehead atoms. The van der Waals surface area contributed by atoms with Crippen molar-refractivity contribution in [2.45, 2.75) is 38.5 Å². The van der Waals surface area contributed by atoms with Gasteiger partial charge in [0.05, 0.1) is 5.69 Å². The smallest absolute Gasteiger partial charge is 0.224 e. The van der Waals surface area contributed by atoms with Gasteiger partial charge in [0.2, 0.25) is 5.91 Å². The second kappa shape index (κ2) is 5.67. The van der Waals surface area contributed by atoms with Gasteiger partial charge in [-0.05, 0) is 34.7 Å². The lowest BCUT2D eigenvalue weighted by atomic mass is 9.87. The van der Waals surface area contributed by atoms with Crippen molar-refractivity contribution in [2.24, 2.45) is 13.0 Å². The molecule has 1 aliphatic carbocycles. The number of hydrogen-bond acceptors (Lipinski definition) is 2. The predicted octanol–water partition coefficient (Wildman–Crippen LogP) is 3.09. The highest BCUT2D eigenvalue weighted by Crippen LogP contribution is 2.27. The highest BCUT2D eigenvalue weighted by atomic mass is 79.9.